The molecule has 0 aliphatic carbocycles. The number of nitrogens with two attached hydrogens (primary N) is 1. The van der Waals surface area contributed by atoms with Crippen LogP contribution in [0.25, 0.3) is 22.0 Å². The molecule has 1 heterocycles. The summed E-state index contributed by atoms with van der Waals surface area (Å²) in [6.45, 7) is 2.63. The first-order valence-corrected chi connectivity index (χ1v) is 11.9. The quantitative estimate of drug-likeness (QED) is 0.434. The van der Waals surface area contributed by atoms with Gasteiger partial charge >= 0.3 is 0 Å². The summed E-state index contributed by atoms with van der Waals surface area (Å²) < 4.78 is 29.3. The number of carbonyl (C=O) groups is 1. The maximum Gasteiger partial charge on any atom is 0.254 e. The zero-order chi connectivity index (χ0) is 23.6. The van der Waals surface area contributed by atoms with Crippen molar-refractivity contribution in [2.45, 2.75) is 18.4 Å². The Labute approximate surface area is 192 Å². The largest absolute Gasteiger partial charge is 0.493 e. The van der Waals surface area contributed by atoms with Crippen molar-refractivity contribution in [2.24, 2.45) is 5.14 Å². The van der Waals surface area contributed by atoms with Crippen LogP contribution < -0.4 is 9.88 Å². The summed E-state index contributed by atoms with van der Waals surface area (Å²) in [7, 11) is -2.10. The number of sulfonamides is 1. The molecule has 1 aromatic heterocycles. The van der Waals surface area contributed by atoms with Crippen molar-refractivity contribution < 1.29 is 17.9 Å². The van der Waals surface area contributed by atoms with E-state index in [4.69, 9.17) is 9.88 Å². The van der Waals surface area contributed by atoms with Gasteiger partial charge < -0.3 is 9.64 Å². The summed E-state index contributed by atoms with van der Waals surface area (Å²) in [5.74, 6) is 0.316. The number of hydrogen-bond donors (Lipinski definition) is 2. The van der Waals surface area contributed by atoms with E-state index in [9.17, 15) is 13.2 Å². The zero-order valence-corrected chi connectivity index (χ0v) is 19.1. The molecule has 170 valence electrons. The molecule has 3 N–H and O–H groups in total. The van der Waals surface area contributed by atoms with Gasteiger partial charge in [0.05, 0.1) is 23.2 Å². The molecule has 3 aromatic carbocycles. The Kier molecular flexibility index (Phi) is 6.17. The van der Waals surface area contributed by atoms with E-state index in [0.717, 1.165) is 16.5 Å². The third-order valence-electron chi connectivity index (χ3n) is 5.32. The van der Waals surface area contributed by atoms with E-state index in [1.165, 1.54) is 12.1 Å². The molecule has 0 saturated heterocycles. The van der Waals surface area contributed by atoms with Gasteiger partial charge in [0.15, 0.2) is 0 Å². The fourth-order valence-electron chi connectivity index (χ4n) is 3.72. The van der Waals surface area contributed by atoms with Crippen molar-refractivity contribution in [2.75, 3.05) is 13.7 Å². The van der Waals surface area contributed by atoms with Crippen LogP contribution in [0, 0.1) is 0 Å². The average molecular weight is 465 g/mol. The lowest BCUT2D eigenvalue weighted by atomic mass is 10.0. The van der Waals surface area contributed by atoms with Gasteiger partial charge in [-0.05, 0) is 48.4 Å². The molecule has 0 atom stereocenters. The minimum Gasteiger partial charge on any atom is -0.493 e. The summed E-state index contributed by atoms with van der Waals surface area (Å²) in [4.78, 5) is 14.8. The van der Waals surface area contributed by atoms with E-state index in [1.807, 2.05) is 25.1 Å². The minimum atomic E-state index is -3.84. The Bertz CT molecular complexity index is 1430. The molecule has 0 aliphatic heterocycles. The molecule has 0 aliphatic rings. The predicted molar refractivity (Wildman–Crippen MR) is 126 cm³/mol. The van der Waals surface area contributed by atoms with Gasteiger partial charge in [0.2, 0.25) is 10.0 Å². The fraction of sp³-hybridized carbons (Fsp3) is 0.167. The van der Waals surface area contributed by atoms with Gasteiger partial charge in [0, 0.05) is 30.1 Å². The summed E-state index contributed by atoms with van der Waals surface area (Å²) in [6.07, 6.45) is 1.75. The maximum atomic E-state index is 13.2. The maximum absolute atomic E-state index is 13.2. The van der Waals surface area contributed by atoms with Crippen LogP contribution in [-0.2, 0) is 16.6 Å². The molecule has 0 bridgehead atoms. The molecule has 33 heavy (non-hydrogen) atoms. The topological polar surface area (TPSA) is 118 Å². The normalized spacial score (nSPS) is 11.5. The van der Waals surface area contributed by atoms with E-state index in [2.05, 4.69) is 10.2 Å². The number of rotatable bonds is 7. The first kappa shape index (κ1) is 22.5. The molecular weight excluding hydrogens is 440 g/mol. The molecule has 8 nitrogen and oxygen atoms in total. The predicted octanol–water partition coefficient (Wildman–Crippen LogP) is 3.55. The Hall–Kier alpha value is -3.69. The number of amides is 1. The van der Waals surface area contributed by atoms with Crippen molar-refractivity contribution in [1.29, 1.82) is 0 Å². The fourth-order valence-corrected chi connectivity index (χ4v) is 4.28. The van der Waals surface area contributed by atoms with Crippen LogP contribution in [-0.4, -0.2) is 43.1 Å². The third kappa shape index (κ3) is 4.74. The monoisotopic (exact) mass is 464 g/mol. The lowest BCUT2D eigenvalue weighted by molar-refractivity contribution is 0.0785. The number of nitrogens with one attached hydrogen (secondary N) is 1. The van der Waals surface area contributed by atoms with Crippen LogP contribution >= 0.6 is 0 Å². The number of ether oxygens (including phenoxy) is 1. The van der Waals surface area contributed by atoms with Crippen LogP contribution in [0.5, 0.6) is 5.75 Å². The molecule has 0 radical (unpaired) electrons. The standard InChI is InChI=1S/C24H24N4O4S/c1-3-32-22-13-17(10-11-21(22)16-6-5-9-20(12-16)33(25,30)31)24(29)28(2)15-19-8-4-7-18-14-26-27-23(18)19/h4-14H,3,15H2,1-2H3,(H,26,27)(H2,25,30,31). The molecule has 0 saturated carbocycles. The smallest absolute Gasteiger partial charge is 0.254 e. The van der Waals surface area contributed by atoms with Crippen molar-refractivity contribution >= 4 is 26.8 Å². The summed E-state index contributed by atoms with van der Waals surface area (Å²) in [6, 6.07) is 17.3. The molecule has 4 rings (SSSR count). The van der Waals surface area contributed by atoms with Gasteiger partial charge in [0.25, 0.3) is 5.91 Å². The third-order valence-corrected chi connectivity index (χ3v) is 6.23. The Morgan fingerprint density at radius 1 is 1.12 bits per heavy atom. The van der Waals surface area contributed by atoms with Gasteiger partial charge in [-0.2, -0.15) is 5.10 Å². The van der Waals surface area contributed by atoms with Crippen LogP contribution in [0.1, 0.15) is 22.8 Å². The Morgan fingerprint density at radius 3 is 2.67 bits per heavy atom. The minimum absolute atomic E-state index is 0.00955. The van der Waals surface area contributed by atoms with E-state index in [1.54, 1.807) is 48.5 Å². The number of H-pyrrole nitrogens is 1. The second kappa shape index (κ2) is 9.05. The van der Waals surface area contributed by atoms with E-state index in [-0.39, 0.29) is 10.8 Å². The van der Waals surface area contributed by atoms with Gasteiger partial charge in [-0.25, -0.2) is 13.6 Å². The van der Waals surface area contributed by atoms with E-state index in [0.29, 0.717) is 35.6 Å². The molecule has 9 heteroatoms. The van der Waals surface area contributed by atoms with Crippen LogP contribution in [0.15, 0.2) is 71.8 Å². The number of fused-ring (bicyclic) bond motifs is 1. The molecule has 0 spiro atoms. The van der Waals surface area contributed by atoms with Gasteiger partial charge in [0.1, 0.15) is 5.75 Å². The van der Waals surface area contributed by atoms with Gasteiger partial charge in [-0.3, -0.25) is 9.89 Å². The summed E-state index contributed by atoms with van der Waals surface area (Å²) in [5.41, 5.74) is 3.62. The summed E-state index contributed by atoms with van der Waals surface area (Å²) in [5, 5.41) is 13.3. The van der Waals surface area contributed by atoms with Crippen LogP contribution in [0.3, 0.4) is 0 Å². The first-order chi connectivity index (χ1) is 15.8. The second-order valence-electron chi connectivity index (χ2n) is 7.63. The van der Waals surface area contributed by atoms with Crippen LogP contribution in [0.2, 0.25) is 0 Å². The lowest BCUT2D eigenvalue weighted by Gasteiger charge is -2.19. The highest BCUT2D eigenvalue weighted by molar-refractivity contribution is 7.89. The molecule has 0 unspecified atom stereocenters. The number of primary sulfonamides is 1. The van der Waals surface area contributed by atoms with E-state index >= 15 is 0 Å². The summed E-state index contributed by atoms with van der Waals surface area (Å²) >= 11 is 0. The number of carbonyl (C=O) groups excluding carboxylic acids is 1. The highest BCUT2D eigenvalue weighted by Crippen LogP contribution is 2.33. The van der Waals surface area contributed by atoms with Crippen molar-refractivity contribution in [3.05, 3.63) is 78.0 Å². The lowest BCUT2D eigenvalue weighted by Crippen LogP contribution is -2.26. The molecular formula is C24H24N4O4S. The zero-order valence-electron chi connectivity index (χ0n) is 18.3. The van der Waals surface area contributed by atoms with Crippen LogP contribution in [0.4, 0.5) is 0 Å². The number of nitrogens with zero attached hydrogens (tertiary/aromatic N) is 2. The highest BCUT2D eigenvalue weighted by Gasteiger charge is 2.18. The second-order valence-corrected chi connectivity index (χ2v) is 9.19. The SMILES string of the molecule is CCOc1cc(C(=O)N(C)Cc2cccc3cn[nH]c23)ccc1-c1cccc(S(N)(=O)=O)c1. The number of hydrogen-bond acceptors (Lipinski definition) is 5. The number of aromatic amines is 1. The Morgan fingerprint density at radius 2 is 1.91 bits per heavy atom. The van der Waals surface area contributed by atoms with Crippen molar-refractivity contribution in [3.8, 4) is 16.9 Å². The molecule has 1 amide bonds. The van der Waals surface area contributed by atoms with Crippen molar-refractivity contribution in [1.82, 2.24) is 15.1 Å². The Balaban J connectivity index is 1.64. The number of benzene rings is 3. The number of para-hydroxylation sites is 1. The number of aromatic nitrogens is 2. The van der Waals surface area contributed by atoms with Gasteiger partial charge in [-0.15, -0.1) is 0 Å². The van der Waals surface area contributed by atoms with Gasteiger partial charge in [-0.1, -0.05) is 30.3 Å². The highest BCUT2D eigenvalue weighted by atomic mass is 32.2. The average Bonchev–Trinajstić information content (AvgIpc) is 3.28. The first-order valence-electron chi connectivity index (χ1n) is 10.3. The van der Waals surface area contributed by atoms with E-state index < -0.39 is 10.0 Å². The van der Waals surface area contributed by atoms with Crippen molar-refractivity contribution in [3.63, 3.8) is 0 Å². The molecule has 4 aromatic rings. The molecule has 0 fully saturated rings.